The number of morpholine rings is 1. The van der Waals surface area contributed by atoms with Crippen LogP contribution >= 0.6 is 0 Å². The van der Waals surface area contributed by atoms with Gasteiger partial charge >= 0.3 is 0 Å². The normalized spacial score (nSPS) is 30.2. The molecule has 0 bridgehead atoms. The van der Waals surface area contributed by atoms with Gasteiger partial charge in [-0.15, -0.1) is 0 Å². The van der Waals surface area contributed by atoms with Crippen LogP contribution in [0.1, 0.15) is 12.8 Å². The minimum Gasteiger partial charge on any atom is -0.385 e. The summed E-state index contributed by atoms with van der Waals surface area (Å²) in [6, 6.07) is 0. The highest BCUT2D eigenvalue weighted by molar-refractivity contribution is 7.88. The average Bonchev–Trinajstić information content (AvgIpc) is 2.38. The monoisotopic (exact) mass is 304 g/mol. The standard InChI is InChI=1S/C12H24N4O3S/c1-20(17,18)16-4-2-3-10(8-16)7-15-5-6-19-11(9-15)12(13)14/h10-11H,2-9H2,1H3,(H3,13,14). The van der Waals surface area contributed by atoms with Crippen LogP contribution in [0.15, 0.2) is 0 Å². The molecule has 20 heavy (non-hydrogen) atoms. The first-order valence-electron chi connectivity index (χ1n) is 6.99. The van der Waals surface area contributed by atoms with E-state index in [9.17, 15) is 8.42 Å². The highest BCUT2D eigenvalue weighted by atomic mass is 32.2. The minimum absolute atomic E-state index is 0.0658. The van der Waals surface area contributed by atoms with Crippen LogP contribution in [0.25, 0.3) is 0 Å². The number of sulfonamides is 1. The Morgan fingerprint density at radius 2 is 2.15 bits per heavy atom. The summed E-state index contributed by atoms with van der Waals surface area (Å²) in [4.78, 5) is 2.23. The number of nitrogens with two attached hydrogens (primary N) is 1. The number of ether oxygens (including phenoxy) is 1. The second kappa shape index (κ2) is 6.38. The fourth-order valence-electron chi connectivity index (χ4n) is 2.90. The molecule has 0 aliphatic carbocycles. The molecule has 7 nitrogen and oxygen atoms in total. The molecular weight excluding hydrogens is 280 g/mol. The molecule has 2 atom stereocenters. The van der Waals surface area contributed by atoms with E-state index < -0.39 is 10.0 Å². The van der Waals surface area contributed by atoms with Crippen LogP contribution in [0.3, 0.4) is 0 Å². The van der Waals surface area contributed by atoms with Crippen LogP contribution in [0, 0.1) is 11.3 Å². The van der Waals surface area contributed by atoms with Crippen LogP contribution in [-0.4, -0.2) is 75.1 Å². The number of nitrogens with one attached hydrogen (secondary N) is 1. The van der Waals surface area contributed by atoms with E-state index in [0.29, 0.717) is 32.2 Å². The molecule has 0 spiro atoms. The summed E-state index contributed by atoms with van der Waals surface area (Å²) >= 11 is 0. The molecule has 116 valence electrons. The maximum Gasteiger partial charge on any atom is 0.211 e. The molecule has 2 heterocycles. The van der Waals surface area contributed by atoms with Gasteiger partial charge in [0.1, 0.15) is 11.9 Å². The molecule has 2 aliphatic rings. The second-order valence-electron chi connectivity index (χ2n) is 5.70. The van der Waals surface area contributed by atoms with Crippen molar-refractivity contribution in [3.8, 4) is 0 Å². The lowest BCUT2D eigenvalue weighted by atomic mass is 9.98. The van der Waals surface area contributed by atoms with E-state index in [0.717, 1.165) is 25.9 Å². The zero-order valence-electron chi connectivity index (χ0n) is 11.9. The maximum atomic E-state index is 11.6. The van der Waals surface area contributed by atoms with Crippen LogP contribution < -0.4 is 5.73 Å². The first kappa shape index (κ1) is 15.7. The lowest BCUT2D eigenvalue weighted by molar-refractivity contribution is -0.00297. The topological polar surface area (TPSA) is 99.7 Å². The third kappa shape index (κ3) is 4.15. The lowest BCUT2D eigenvalue weighted by Crippen LogP contribution is -2.51. The highest BCUT2D eigenvalue weighted by Crippen LogP contribution is 2.20. The van der Waals surface area contributed by atoms with Crippen molar-refractivity contribution < 1.29 is 13.2 Å². The molecular formula is C12H24N4O3S. The molecule has 8 heteroatoms. The van der Waals surface area contributed by atoms with E-state index in [1.54, 1.807) is 4.31 Å². The summed E-state index contributed by atoms with van der Waals surface area (Å²) < 4.78 is 30.2. The first-order chi connectivity index (χ1) is 9.36. The molecule has 2 fully saturated rings. The van der Waals surface area contributed by atoms with Crippen molar-refractivity contribution in [2.24, 2.45) is 11.7 Å². The van der Waals surface area contributed by atoms with Crippen molar-refractivity contribution in [3.05, 3.63) is 0 Å². The van der Waals surface area contributed by atoms with E-state index in [1.807, 2.05) is 0 Å². The van der Waals surface area contributed by atoms with Crippen LogP contribution in [0.4, 0.5) is 0 Å². The number of nitrogens with zero attached hydrogens (tertiary/aromatic N) is 2. The summed E-state index contributed by atoms with van der Waals surface area (Å²) in [6.45, 7) is 4.10. The van der Waals surface area contributed by atoms with E-state index in [1.165, 1.54) is 6.26 Å². The van der Waals surface area contributed by atoms with E-state index in [4.69, 9.17) is 15.9 Å². The Bertz CT molecular complexity index is 454. The Morgan fingerprint density at radius 3 is 2.80 bits per heavy atom. The Morgan fingerprint density at radius 1 is 1.40 bits per heavy atom. The van der Waals surface area contributed by atoms with Crippen molar-refractivity contribution in [1.82, 2.24) is 9.21 Å². The molecule has 2 rings (SSSR count). The predicted octanol–water partition coefficient (Wildman–Crippen LogP) is -0.705. The maximum absolute atomic E-state index is 11.6. The fraction of sp³-hybridized carbons (Fsp3) is 0.917. The van der Waals surface area contributed by atoms with Gasteiger partial charge in [-0.25, -0.2) is 12.7 Å². The summed E-state index contributed by atoms with van der Waals surface area (Å²) in [6.07, 6.45) is 2.92. The van der Waals surface area contributed by atoms with Gasteiger partial charge < -0.3 is 10.5 Å². The molecule has 0 amide bonds. The molecule has 0 aromatic carbocycles. The molecule has 0 radical (unpaired) electrons. The van der Waals surface area contributed by atoms with E-state index >= 15 is 0 Å². The van der Waals surface area contributed by atoms with Gasteiger partial charge in [-0.2, -0.15) is 0 Å². The van der Waals surface area contributed by atoms with Crippen molar-refractivity contribution in [2.45, 2.75) is 18.9 Å². The van der Waals surface area contributed by atoms with Gasteiger partial charge in [-0.05, 0) is 18.8 Å². The van der Waals surface area contributed by atoms with Gasteiger partial charge in [0.2, 0.25) is 10.0 Å². The van der Waals surface area contributed by atoms with Gasteiger partial charge in [0.05, 0.1) is 12.9 Å². The van der Waals surface area contributed by atoms with Gasteiger partial charge in [0, 0.05) is 32.7 Å². The Kier molecular flexibility index (Phi) is 5.00. The number of rotatable bonds is 4. The minimum atomic E-state index is -3.09. The van der Waals surface area contributed by atoms with Crippen LogP contribution in [-0.2, 0) is 14.8 Å². The summed E-state index contributed by atoms with van der Waals surface area (Å²) in [5, 5.41) is 7.45. The largest absolute Gasteiger partial charge is 0.385 e. The summed E-state index contributed by atoms with van der Waals surface area (Å²) in [7, 11) is -3.09. The first-order valence-corrected chi connectivity index (χ1v) is 8.84. The second-order valence-corrected chi connectivity index (χ2v) is 7.69. The van der Waals surface area contributed by atoms with E-state index in [-0.39, 0.29) is 11.9 Å². The molecule has 2 unspecified atom stereocenters. The number of hydrogen-bond acceptors (Lipinski definition) is 5. The predicted molar refractivity (Wildman–Crippen MR) is 77.2 cm³/mol. The fourth-order valence-corrected chi connectivity index (χ4v) is 3.84. The van der Waals surface area contributed by atoms with Gasteiger partial charge in [0.15, 0.2) is 0 Å². The third-order valence-electron chi connectivity index (χ3n) is 3.96. The molecule has 2 saturated heterocycles. The zero-order valence-corrected chi connectivity index (χ0v) is 12.7. The molecule has 3 N–H and O–H groups in total. The quantitative estimate of drug-likeness (QED) is 0.528. The zero-order chi connectivity index (χ0) is 14.8. The Balaban J connectivity index is 1.88. The molecule has 0 saturated carbocycles. The number of amidine groups is 1. The van der Waals surface area contributed by atoms with Gasteiger partial charge in [-0.1, -0.05) is 0 Å². The summed E-state index contributed by atoms with van der Waals surface area (Å²) in [5.74, 6) is 0.417. The van der Waals surface area contributed by atoms with Crippen molar-refractivity contribution in [3.63, 3.8) is 0 Å². The van der Waals surface area contributed by atoms with E-state index in [2.05, 4.69) is 4.90 Å². The van der Waals surface area contributed by atoms with Crippen molar-refractivity contribution >= 4 is 15.9 Å². The highest BCUT2D eigenvalue weighted by Gasteiger charge is 2.29. The van der Waals surface area contributed by atoms with Gasteiger partial charge in [0.25, 0.3) is 0 Å². The smallest absolute Gasteiger partial charge is 0.211 e. The third-order valence-corrected chi connectivity index (χ3v) is 5.23. The molecule has 2 aliphatic heterocycles. The van der Waals surface area contributed by atoms with Crippen LogP contribution in [0.2, 0.25) is 0 Å². The average molecular weight is 304 g/mol. The molecule has 0 aromatic heterocycles. The Labute approximate surface area is 120 Å². The van der Waals surface area contributed by atoms with Crippen molar-refractivity contribution in [1.29, 1.82) is 5.41 Å². The summed E-state index contributed by atoms with van der Waals surface area (Å²) in [5.41, 5.74) is 5.49. The Hall–Kier alpha value is -0.700. The van der Waals surface area contributed by atoms with Gasteiger partial charge in [-0.3, -0.25) is 10.3 Å². The SMILES string of the molecule is CS(=O)(=O)N1CCCC(CN2CCOC(C(=N)N)C2)C1. The van der Waals surface area contributed by atoms with Crippen LogP contribution in [0.5, 0.6) is 0 Å². The number of hydrogen-bond donors (Lipinski definition) is 2. The lowest BCUT2D eigenvalue weighted by Gasteiger charge is -2.37. The number of piperidine rings is 1. The molecule has 0 aromatic rings. The van der Waals surface area contributed by atoms with Crippen molar-refractivity contribution in [2.75, 3.05) is 45.6 Å².